The molecule has 1 fully saturated rings. The monoisotopic (exact) mass is 381 g/mol. The van der Waals surface area contributed by atoms with E-state index >= 15 is 0 Å². The van der Waals surface area contributed by atoms with Crippen LogP contribution in [-0.4, -0.2) is 28.9 Å². The fourth-order valence-corrected chi connectivity index (χ4v) is 3.31. The van der Waals surface area contributed by atoms with Crippen LogP contribution in [-0.2, 0) is 0 Å². The van der Waals surface area contributed by atoms with Gasteiger partial charge >= 0.3 is 0 Å². The molecule has 6 nitrogen and oxygen atoms in total. The summed E-state index contributed by atoms with van der Waals surface area (Å²) in [5, 5.41) is 5.85. The molecule has 2 N–H and O–H groups in total. The third kappa shape index (κ3) is 5.31. The Morgan fingerprint density at radius 1 is 0.964 bits per heavy atom. The number of nitrogens with one attached hydrogen (secondary N) is 2. The number of anilines is 1. The van der Waals surface area contributed by atoms with Crippen molar-refractivity contribution in [2.45, 2.75) is 58.1 Å². The quantitative estimate of drug-likeness (QED) is 0.786. The molecule has 1 heterocycles. The normalized spacial score (nSPS) is 14.5. The zero-order valence-electron chi connectivity index (χ0n) is 16.4. The maximum Gasteiger partial charge on any atom is 0.274 e. The standard InChI is InChI=1S/C22H27N3O3/c1-15(2)28-20-14-7-6-11-17(20)25-22(27)19-13-8-12-18(24-19)21(26)23-16-9-4-3-5-10-16/h6-8,11-16H,3-5,9-10H2,1-2H3,(H,23,26)(H,25,27). The molecule has 1 aromatic heterocycles. The lowest BCUT2D eigenvalue weighted by Crippen LogP contribution is -2.36. The average molecular weight is 381 g/mol. The van der Waals surface area contributed by atoms with Crippen LogP contribution in [0.3, 0.4) is 0 Å². The largest absolute Gasteiger partial charge is 0.489 e. The smallest absolute Gasteiger partial charge is 0.274 e. The minimum absolute atomic E-state index is 0.0111. The highest BCUT2D eigenvalue weighted by Crippen LogP contribution is 2.25. The first-order chi connectivity index (χ1) is 13.5. The summed E-state index contributed by atoms with van der Waals surface area (Å²) >= 11 is 0. The number of carbonyl (C=O) groups is 2. The fourth-order valence-electron chi connectivity index (χ4n) is 3.31. The molecule has 0 unspecified atom stereocenters. The van der Waals surface area contributed by atoms with Crippen molar-refractivity contribution in [1.82, 2.24) is 10.3 Å². The molecule has 1 saturated carbocycles. The number of ether oxygens (including phenoxy) is 1. The Labute approximate surface area is 165 Å². The fraction of sp³-hybridized carbons (Fsp3) is 0.409. The molecule has 0 spiro atoms. The van der Waals surface area contributed by atoms with Crippen molar-refractivity contribution in [2.75, 3.05) is 5.32 Å². The Morgan fingerprint density at radius 2 is 1.64 bits per heavy atom. The van der Waals surface area contributed by atoms with E-state index in [9.17, 15) is 9.59 Å². The van der Waals surface area contributed by atoms with Crippen LogP contribution in [0.4, 0.5) is 5.69 Å². The van der Waals surface area contributed by atoms with Crippen LogP contribution in [0.5, 0.6) is 5.75 Å². The molecular weight excluding hydrogens is 354 g/mol. The van der Waals surface area contributed by atoms with Crippen LogP contribution in [0.25, 0.3) is 0 Å². The number of pyridine rings is 1. The number of amides is 2. The van der Waals surface area contributed by atoms with E-state index < -0.39 is 0 Å². The first-order valence-electron chi connectivity index (χ1n) is 9.88. The van der Waals surface area contributed by atoms with E-state index in [1.807, 2.05) is 26.0 Å². The number of rotatable bonds is 6. The molecule has 0 bridgehead atoms. The molecule has 0 atom stereocenters. The highest BCUT2D eigenvalue weighted by molar-refractivity contribution is 6.04. The molecule has 2 aromatic rings. The Balaban J connectivity index is 1.69. The number of para-hydroxylation sites is 2. The van der Waals surface area contributed by atoms with Gasteiger partial charge in [0.25, 0.3) is 11.8 Å². The SMILES string of the molecule is CC(C)Oc1ccccc1NC(=O)c1cccc(C(=O)NC2CCCCC2)n1. The highest BCUT2D eigenvalue weighted by atomic mass is 16.5. The summed E-state index contributed by atoms with van der Waals surface area (Å²) in [7, 11) is 0. The van der Waals surface area contributed by atoms with Gasteiger partial charge in [0.05, 0.1) is 11.8 Å². The van der Waals surface area contributed by atoms with Crippen molar-refractivity contribution in [3.63, 3.8) is 0 Å². The van der Waals surface area contributed by atoms with Gasteiger partial charge in [-0.15, -0.1) is 0 Å². The second kappa shape index (κ2) is 9.35. The average Bonchev–Trinajstić information content (AvgIpc) is 2.70. The predicted molar refractivity (Wildman–Crippen MR) is 109 cm³/mol. The number of carbonyl (C=O) groups excluding carboxylic acids is 2. The van der Waals surface area contributed by atoms with Crippen molar-refractivity contribution in [3.8, 4) is 5.75 Å². The van der Waals surface area contributed by atoms with Gasteiger partial charge in [-0.25, -0.2) is 4.98 Å². The van der Waals surface area contributed by atoms with E-state index in [4.69, 9.17) is 4.74 Å². The second-order valence-corrected chi connectivity index (χ2v) is 7.33. The van der Waals surface area contributed by atoms with Gasteiger partial charge in [-0.2, -0.15) is 0 Å². The van der Waals surface area contributed by atoms with Gasteiger partial charge in [-0.3, -0.25) is 9.59 Å². The van der Waals surface area contributed by atoms with E-state index in [2.05, 4.69) is 15.6 Å². The number of aromatic nitrogens is 1. The Bertz CT molecular complexity index is 829. The minimum atomic E-state index is -0.382. The molecule has 1 aromatic carbocycles. The zero-order chi connectivity index (χ0) is 19.9. The zero-order valence-corrected chi connectivity index (χ0v) is 16.4. The van der Waals surface area contributed by atoms with Crippen LogP contribution >= 0.6 is 0 Å². The molecule has 1 aliphatic carbocycles. The lowest BCUT2D eigenvalue weighted by Gasteiger charge is -2.22. The molecule has 0 radical (unpaired) electrons. The van der Waals surface area contributed by atoms with Crippen LogP contribution < -0.4 is 15.4 Å². The van der Waals surface area contributed by atoms with E-state index in [-0.39, 0.29) is 35.3 Å². The van der Waals surface area contributed by atoms with Crippen molar-refractivity contribution in [2.24, 2.45) is 0 Å². The number of hydrogen-bond acceptors (Lipinski definition) is 4. The summed E-state index contributed by atoms with van der Waals surface area (Å²) in [5.41, 5.74) is 1.01. The summed E-state index contributed by atoms with van der Waals surface area (Å²) < 4.78 is 5.73. The Morgan fingerprint density at radius 3 is 2.36 bits per heavy atom. The van der Waals surface area contributed by atoms with Gasteiger partial charge in [0, 0.05) is 6.04 Å². The first kappa shape index (κ1) is 19.9. The maximum absolute atomic E-state index is 12.7. The molecule has 1 aliphatic rings. The van der Waals surface area contributed by atoms with Gasteiger partial charge in [0.1, 0.15) is 17.1 Å². The van der Waals surface area contributed by atoms with Crippen LogP contribution in [0.1, 0.15) is 66.9 Å². The van der Waals surface area contributed by atoms with Crippen LogP contribution in [0.2, 0.25) is 0 Å². The predicted octanol–water partition coefficient (Wildman–Crippen LogP) is 4.18. The molecule has 28 heavy (non-hydrogen) atoms. The number of hydrogen-bond donors (Lipinski definition) is 2. The van der Waals surface area contributed by atoms with E-state index in [0.29, 0.717) is 11.4 Å². The summed E-state index contributed by atoms with van der Waals surface area (Å²) in [6.07, 6.45) is 5.49. The van der Waals surface area contributed by atoms with Gasteiger partial charge < -0.3 is 15.4 Å². The first-order valence-corrected chi connectivity index (χ1v) is 9.88. The van der Waals surface area contributed by atoms with Crippen molar-refractivity contribution >= 4 is 17.5 Å². The molecule has 2 amide bonds. The minimum Gasteiger partial charge on any atom is -0.489 e. The third-order valence-electron chi connectivity index (χ3n) is 4.65. The summed E-state index contributed by atoms with van der Waals surface area (Å²) in [5.74, 6) is -0.0192. The third-order valence-corrected chi connectivity index (χ3v) is 4.65. The van der Waals surface area contributed by atoms with E-state index in [0.717, 1.165) is 25.7 Å². The van der Waals surface area contributed by atoms with E-state index in [1.54, 1.807) is 30.3 Å². The number of nitrogens with zero attached hydrogens (tertiary/aromatic N) is 1. The molecule has 6 heteroatoms. The van der Waals surface area contributed by atoms with Crippen LogP contribution in [0.15, 0.2) is 42.5 Å². The molecule has 3 rings (SSSR count). The van der Waals surface area contributed by atoms with E-state index in [1.165, 1.54) is 6.42 Å². The topological polar surface area (TPSA) is 80.3 Å². The summed E-state index contributed by atoms with van der Waals surface area (Å²) in [6, 6.07) is 12.3. The molecule has 0 aliphatic heterocycles. The summed E-state index contributed by atoms with van der Waals surface area (Å²) in [4.78, 5) is 29.4. The lowest BCUT2D eigenvalue weighted by molar-refractivity contribution is 0.0922. The molecule has 148 valence electrons. The molecular formula is C22H27N3O3. The lowest BCUT2D eigenvalue weighted by atomic mass is 9.95. The van der Waals surface area contributed by atoms with Gasteiger partial charge in [0.15, 0.2) is 0 Å². The van der Waals surface area contributed by atoms with Crippen molar-refractivity contribution in [1.29, 1.82) is 0 Å². The van der Waals surface area contributed by atoms with Gasteiger partial charge in [-0.05, 0) is 51.0 Å². The van der Waals surface area contributed by atoms with Gasteiger partial charge in [-0.1, -0.05) is 37.5 Å². The molecule has 0 saturated heterocycles. The highest BCUT2D eigenvalue weighted by Gasteiger charge is 2.19. The van der Waals surface area contributed by atoms with Crippen molar-refractivity contribution in [3.05, 3.63) is 53.9 Å². The number of benzene rings is 1. The van der Waals surface area contributed by atoms with Crippen LogP contribution in [0, 0.1) is 0 Å². The Hall–Kier alpha value is -2.89. The van der Waals surface area contributed by atoms with Crippen molar-refractivity contribution < 1.29 is 14.3 Å². The second-order valence-electron chi connectivity index (χ2n) is 7.33. The maximum atomic E-state index is 12.7. The summed E-state index contributed by atoms with van der Waals surface area (Å²) in [6.45, 7) is 3.85. The Kier molecular flexibility index (Phi) is 6.63. The van der Waals surface area contributed by atoms with Gasteiger partial charge in [0.2, 0.25) is 0 Å².